The van der Waals surface area contributed by atoms with Crippen LogP contribution in [0.5, 0.6) is 0 Å². The smallest absolute Gasteiger partial charge is 0.454 e. The first-order valence-corrected chi connectivity index (χ1v) is 24.6. The van der Waals surface area contributed by atoms with Gasteiger partial charge in [0.15, 0.2) is 10.6 Å². The summed E-state index contributed by atoms with van der Waals surface area (Å²) in [7, 11) is -4.95. The van der Waals surface area contributed by atoms with Gasteiger partial charge in [-0.1, -0.05) is 173 Å². The van der Waals surface area contributed by atoms with Crippen molar-refractivity contribution >= 4 is 67.8 Å². The zero-order chi connectivity index (χ0) is 48.3. The molecule has 4 aromatic carbocycles. The molecule has 0 bridgehead atoms. The van der Waals surface area contributed by atoms with E-state index in [1.807, 2.05) is 13.8 Å². The second-order valence-electron chi connectivity index (χ2n) is 22.8. The molecule has 0 N–H and O–H groups in total. The van der Waals surface area contributed by atoms with E-state index in [1.165, 1.54) is 65.9 Å². The molecule has 10 heteroatoms. The van der Waals surface area contributed by atoms with Crippen molar-refractivity contribution in [2.24, 2.45) is 0 Å². The van der Waals surface area contributed by atoms with Crippen LogP contribution in [0.1, 0.15) is 183 Å². The monoisotopic (exact) mass is 1100 g/mol. The Kier molecular flexibility index (Phi) is 19.5. The molecule has 0 aliphatic heterocycles. The summed E-state index contributed by atoms with van der Waals surface area (Å²) in [5, 5.41) is 5.33. The predicted molar refractivity (Wildman–Crippen MR) is 277 cm³/mol. The van der Waals surface area contributed by atoms with Gasteiger partial charge in [0.1, 0.15) is 39.2 Å². The summed E-state index contributed by atoms with van der Waals surface area (Å²) >= 11 is 0. The van der Waals surface area contributed by atoms with E-state index in [0.29, 0.717) is 16.4 Å². The minimum atomic E-state index is -6.00. The first-order chi connectivity index (χ1) is 28.5. The van der Waals surface area contributed by atoms with Gasteiger partial charge in [-0.05, 0) is 69.6 Å². The van der Waals surface area contributed by atoms with Gasteiger partial charge in [-0.2, -0.15) is 0 Å². The maximum atomic E-state index is 9.75. The number of ether oxygens (including phenoxy) is 1. The molecule has 2 atom stereocenters. The van der Waals surface area contributed by atoms with Gasteiger partial charge < -0.3 is 26.4 Å². The number of furan rings is 1. The standard InChI is InChI=1S/C50H66OP2.C4H10O.Au.BF4/c1-45(2,3)33-25-37(47(7,8)9)43(38(26-33)48(10,11)12)52-29-31-21-19-23-35-36-24-20-22-32(42(36)51-41(31)35)30-53-44-39(49(13,14)15)27-34(46(4,5)6)28-40(44)50(16,17)18;1-3-5-4-2;;2-1(3,4)5/h19-30H,1-18H3;3-4H2,1-2H3;;/q;;+1;-1/p+2. The molecule has 64 heavy (non-hydrogen) atoms. The van der Waals surface area contributed by atoms with E-state index in [1.54, 1.807) is 0 Å². The number of para-hydroxylation sites is 2. The van der Waals surface area contributed by atoms with Crippen molar-refractivity contribution in [3.05, 3.63) is 105 Å². The summed E-state index contributed by atoms with van der Waals surface area (Å²) in [6, 6.07) is 23.3. The van der Waals surface area contributed by atoms with Crippen molar-refractivity contribution < 1.29 is 48.8 Å². The van der Waals surface area contributed by atoms with Crippen LogP contribution in [0, 0.1) is 0 Å². The normalized spacial score (nSPS) is 13.2. The second-order valence-corrected chi connectivity index (χ2v) is 25.0. The van der Waals surface area contributed by atoms with Crippen LogP contribution in [0.15, 0.2) is 65.1 Å². The van der Waals surface area contributed by atoms with E-state index in [2.05, 4.69) is 197 Å². The fourth-order valence-corrected chi connectivity index (χ4v) is 10.9. The molecule has 0 saturated heterocycles. The molecule has 1 heterocycles. The van der Waals surface area contributed by atoms with E-state index < -0.39 is 7.25 Å². The fourth-order valence-electron chi connectivity index (χ4n) is 7.42. The van der Waals surface area contributed by atoms with Crippen LogP contribution in [0.25, 0.3) is 21.9 Å². The molecule has 5 aromatic rings. The molecule has 0 aliphatic carbocycles. The Labute approximate surface area is 403 Å². The molecule has 0 fully saturated rings. The summed E-state index contributed by atoms with van der Waals surface area (Å²) in [4.78, 5) is 0. The fraction of sp³-hybridized carbons (Fsp3) is 0.519. The number of hydrogen-bond donors (Lipinski definition) is 0. The van der Waals surface area contributed by atoms with E-state index >= 15 is 0 Å². The van der Waals surface area contributed by atoms with Crippen LogP contribution in [0.4, 0.5) is 17.3 Å². The minimum absolute atomic E-state index is 0. The van der Waals surface area contributed by atoms with Crippen LogP contribution in [0.2, 0.25) is 0 Å². The predicted octanol–water partition coefficient (Wildman–Crippen LogP) is 16.0. The Bertz CT molecular complexity index is 2170. The van der Waals surface area contributed by atoms with Gasteiger partial charge in [0.25, 0.3) is 0 Å². The van der Waals surface area contributed by atoms with Crippen LogP contribution < -0.4 is 10.6 Å². The molecule has 0 aliphatic rings. The molecule has 0 amide bonds. The van der Waals surface area contributed by atoms with Crippen molar-refractivity contribution in [2.75, 3.05) is 13.2 Å². The SMILES string of the molecule is CC(C)(C)c1cc(C(C)(C)C)c(/[PH+]=C/c2cccc3c2oc2c(/C=[PH+]/c4c(C(C)(C)C)cc(C(C)(C)C)cc4C(C)(C)C)cccc23)c(C(C)(C)C)c1.CCOCC.F[B-](F)(F)F.[Au+]. The third-order valence-corrected chi connectivity index (χ3v) is 13.5. The minimum Gasteiger partial charge on any atom is -0.454 e. The van der Waals surface area contributed by atoms with Gasteiger partial charge >= 0.3 is 29.6 Å². The third kappa shape index (κ3) is 15.8. The van der Waals surface area contributed by atoms with Gasteiger partial charge in [-0.3, -0.25) is 0 Å². The summed E-state index contributed by atoms with van der Waals surface area (Å²) in [6.45, 7) is 48.0. The molecule has 0 radical (unpaired) electrons. The largest absolute Gasteiger partial charge is 1.00 e. The number of benzene rings is 4. The number of rotatable bonds is 6. The van der Waals surface area contributed by atoms with E-state index in [4.69, 9.17) is 9.15 Å². The molecule has 0 spiro atoms. The van der Waals surface area contributed by atoms with E-state index in [-0.39, 0.29) is 54.9 Å². The number of hydrogen-bond acceptors (Lipinski definition) is 2. The Balaban J connectivity index is 0.00000115. The van der Waals surface area contributed by atoms with Crippen molar-refractivity contribution in [1.82, 2.24) is 0 Å². The van der Waals surface area contributed by atoms with E-state index in [9.17, 15) is 17.3 Å². The van der Waals surface area contributed by atoms with Crippen molar-refractivity contribution in [3.8, 4) is 0 Å². The van der Waals surface area contributed by atoms with Crippen LogP contribution >= 0.6 is 16.4 Å². The molecule has 5 rings (SSSR count). The van der Waals surface area contributed by atoms with Crippen molar-refractivity contribution in [3.63, 3.8) is 0 Å². The molecule has 0 saturated carbocycles. The van der Waals surface area contributed by atoms with Gasteiger partial charge in [0.05, 0.1) is 11.1 Å². The van der Waals surface area contributed by atoms with Crippen LogP contribution in [-0.4, -0.2) is 32.1 Å². The summed E-state index contributed by atoms with van der Waals surface area (Å²) < 4.78 is 50.8. The number of halogens is 4. The molecule has 1 aromatic heterocycles. The first-order valence-electron chi connectivity index (χ1n) is 22.5. The molecule has 2 nitrogen and oxygen atoms in total. The quantitative estimate of drug-likeness (QED) is 0.0960. The van der Waals surface area contributed by atoms with Gasteiger partial charge in [0.2, 0.25) is 0 Å². The zero-order valence-corrected chi connectivity index (χ0v) is 46.7. The molecule has 356 valence electrons. The Morgan fingerprint density at radius 3 is 0.953 bits per heavy atom. The molecule has 2 unspecified atom stereocenters. The summed E-state index contributed by atoms with van der Waals surface area (Å²) in [5.74, 6) is 4.88. The van der Waals surface area contributed by atoms with E-state index in [0.717, 1.165) is 24.4 Å². The zero-order valence-electron chi connectivity index (χ0n) is 42.5. The van der Waals surface area contributed by atoms with Crippen molar-refractivity contribution in [1.29, 1.82) is 0 Å². The van der Waals surface area contributed by atoms with Crippen molar-refractivity contribution in [2.45, 2.75) is 171 Å². The second kappa shape index (κ2) is 21.6. The Hall–Kier alpha value is -2.49. The number of fused-ring (bicyclic) bond motifs is 3. The van der Waals surface area contributed by atoms with Crippen LogP contribution in [0.3, 0.4) is 0 Å². The maximum absolute atomic E-state index is 9.75. The van der Waals surface area contributed by atoms with Gasteiger partial charge in [-0.25, -0.2) is 0 Å². The van der Waals surface area contributed by atoms with Crippen LogP contribution in [-0.2, 0) is 59.6 Å². The van der Waals surface area contributed by atoms with Gasteiger partial charge in [-0.15, -0.1) is 0 Å². The van der Waals surface area contributed by atoms with Gasteiger partial charge in [0, 0.05) is 46.2 Å². The average Bonchev–Trinajstić information content (AvgIpc) is 3.50. The summed E-state index contributed by atoms with van der Waals surface area (Å²) in [6.07, 6.45) is 0. The summed E-state index contributed by atoms with van der Waals surface area (Å²) in [5.41, 5.74) is 13.3. The topological polar surface area (TPSA) is 22.4 Å². The average molecular weight is 1100 g/mol. The Morgan fingerprint density at radius 1 is 0.484 bits per heavy atom. The maximum Gasteiger partial charge on any atom is 1.00 e. The Morgan fingerprint density at radius 2 is 0.750 bits per heavy atom. The molecular formula is C54H78AuBF4O2P2+2. The third-order valence-electron chi connectivity index (χ3n) is 11.0. The molecular weight excluding hydrogens is 1030 g/mol. The first kappa shape index (κ1) is 57.6.